The number of rotatable bonds is 2. The largest absolute Gasteiger partial charge is 0.342 e. The van der Waals surface area contributed by atoms with Crippen molar-refractivity contribution in [1.29, 1.82) is 0 Å². The second kappa shape index (κ2) is 4.66. The Bertz CT molecular complexity index is 613. The lowest BCUT2D eigenvalue weighted by Crippen LogP contribution is -2.33. The maximum atomic E-state index is 12.3. The number of aromatic amines is 1. The smallest absolute Gasteiger partial charge is 0.231 e. The van der Waals surface area contributed by atoms with Gasteiger partial charge in [0.2, 0.25) is 5.91 Å². The molecule has 1 aromatic heterocycles. The second-order valence-corrected chi connectivity index (χ2v) is 5.11. The van der Waals surface area contributed by atoms with Crippen molar-refractivity contribution in [2.24, 2.45) is 5.92 Å². The maximum absolute atomic E-state index is 12.3. The van der Waals surface area contributed by atoms with Gasteiger partial charge in [-0.25, -0.2) is 4.98 Å². The number of anilines is 1. The Kier molecular flexibility index (Phi) is 2.98. The Morgan fingerprint density at radius 3 is 3.05 bits per heavy atom. The molecule has 1 atom stereocenters. The normalized spacial score (nSPS) is 18.9. The standard InChI is InChI=1S/C14H18N4O/c1-9-16-12-4-3-11(7-13(12)17-9)18(2)14(19)10-5-6-15-8-10/h3-4,7,10,15H,5-6,8H2,1-2H3,(H,16,17). The summed E-state index contributed by atoms with van der Waals surface area (Å²) >= 11 is 0. The third-order valence-corrected chi connectivity index (χ3v) is 3.71. The highest BCUT2D eigenvalue weighted by atomic mass is 16.2. The van der Waals surface area contributed by atoms with Gasteiger partial charge in [0.25, 0.3) is 0 Å². The molecule has 1 saturated heterocycles. The summed E-state index contributed by atoms with van der Waals surface area (Å²) in [5.41, 5.74) is 2.82. The van der Waals surface area contributed by atoms with Gasteiger partial charge in [-0.15, -0.1) is 0 Å². The number of carbonyl (C=O) groups is 1. The number of hydrogen-bond acceptors (Lipinski definition) is 3. The number of amides is 1. The van der Waals surface area contributed by atoms with Crippen molar-refractivity contribution in [3.63, 3.8) is 0 Å². The van der Waals surface area contributed by atoms with Crippen LogP contribution in [0.5, 0.6) is 0 Å². The molecule has 3 rings (SSSR count). The molecule has 1 aliphatic rings. The number of nitrogens with one attached hydrogen (secondary N) is 2. The van der Waals surface area contributed by atoms with Crippen LogP contribution < -0.4 is 10.2 Å². The van der Waals surface area contributed by atoms with E-state index in [2.05, 4.69) is 15.3 Å². The number of aryl methyl sites for hydroxylation is 1. The third kappa shape index (κ3) is 2.21. The molecule has 2 N–H and O–H groups in total. The van der Waals surface area contributed by atoms with Crippen molar-refractivity contribution >= 4 is 22.6 Å². The molecule has 0 saturated carbocycles. The van der Waals surface area contributed by atoms with E-state index in [1.807, 2.05) is 32.2 Å². The molecule has 100 valence electrons. The first-order chi connectivity index (χ1) is 9.15. The summed E-state index contributed by atoms with van der Waals surface area (Å²) in [4.78, 5) is 21.7. The fourth-order valence-electron chi connectivity index (χ4n) is 2.60. The van der Waals surface area contributed by atoms with E-state index >= 15 is 0 Å². The number of carbonyl (C=O) groups excluding carboxylic acids is 1. The summed E-state index contributed by atoms with van der Waals surface area (Å²) in [5, 5.41) is 3.23. The van der Waals surface area contributed by atoms with Crippen molar-refractivity contribution in [2.45, 2.75) is 13.3 Å². The molecule has 0 spiro atoms. The summed E-state index contributed by atoms with van der Waals surface area (Å²) < 4.78 is 0. The molecular formula is C14H18N4O. The predicted octanol–water partition coefficient (Wildman–Crippen LogP) is 1.44. The lowest BCUT2D eigenvalue weighted by Gasteiger charge is -2.20. The van der Waals surface area contributed by atoms with Crippen LogP contribution in [0.4, 0.5) is 5.69 Å². The first-order valence-corrected chi connectivity index (χ1v) is 6.60. The minimum atomic E-state index is 0.101. The fourth-order valence-corrected chi connectivity index (χ4v) is 2.60. The van der Waals surface area contributed by atoms with Crippen molar-refractivity contribution in [2.75, 3.05) is 25.0 Å². The molecule has 0 bridgehead atoms. The van der Waals surface area contributed by atoms with Crippen LogP contribution in [-0.4, -0.2) is 36.0 Å². The number of aromatic nitrogens is 2. The zero-order valence-electron chi connectivity index (χ0n) is 11.2. The van der Waals surface area contributed by atoms with Crippen molar-refractivity contribution < 1.29 is 4.79 Å². The highest BCUT2D eigenvalue weighted by molar-refractivity contribution is 5.96. The van der Waals surface area contributed by atoms with Gasteiger partial charge in [0.15, 0.2) is 0 Å². The minimum absolute atomic E-state index is 0.101. The van der Waals surface area contributed by atoms with Gasteiger partial charge in [-0.3, -0.25) is 4.79 Å². The Balaban J connectivity index is 1.87. The first kappa shape index (κ1) is 12.2. The molecule has 1 aliphatic heterocycles. The van der Waals surface area contributed by atoms with Gasteiger partial charge in [0.05, 0.1) is 17.0 Å². The number of imidazole rings is 1. The van der Waals surface area contributed by atoms with Gasteiger partial charge in [-0.05, 0) is 38.1 Å². The van der Waals surface area contributed by atoms with Gasteiger partial charge in [0, 0.05) is 19.3 Å². The van der Waals surface area contributed by atoms with Crippen LogP contribution in [0, 0.1) is 12.8 Å². The number of fused-ring (bicyclic) bond motifs is 1. The predicted molar refractivity (Wildman–Crippen MR) is 75.2 cm³/mol. The third-order valence-electron chi connectivity index (χ3n) is 3.71. The van der Waals surface area contributed by atoms with E-state index in [1.54, 1.807) is 4.90 Å². The lowest BCUT2D eigenvalue weighted by atomic mass is 10.1. The zero-order chi connectivity index (χ0) is 13.4. The van der Waals surface area contributed by atoms with Crippen LogP contribution in [0.3, 0.4) is 0 Å². The maximum Gasteiger partial charge on any atom is 0.231 e. The van der Waals surface area contributed by atoms with Crippen molar-refractivity contribution in [1.82, 2.24) is 15.3 Å². The van der Waals surface area contributed by atoms with Crippen molar-refractivity contribution in [3.8, 4) is 0 Å². The van der Waals surface area contributed by atoms with Crippen LogP contribution >= 0.6 is 0 Å². The number of H-pyrrole nitrogens is 1. The second-order valence-electron chi connectivity index (χ2n) is 5.11. The van der Waals surface area contributed by atoms with E-state index in [-0.39, 0.29) is 11.8 Å². The summed E-state index contributed by atoms with van der Waals surface area (Å²) in [6.07, 6.45) is 0.925. The van der Waals surface area contributed by atoms with E-state index in [0.29, 0.717) is 0 Å². The molecule has 2 heterocycles. The molecule has 1 fully saturated rings. The van der Waals surface area contributed by atoms with Crippen LogP contribution in [0.25, 0.3) is 11.0 Å². The molecule has 19 heavy (non-hydrogen) atoms. The Morgan fingerprint density at radius 2 is 2.32 bits per heavy atom. The lowest BCUT2D eigenvalue weighted by molar-refractivity contribution is -0.121. The Labute approximate surface area is 112 Å². The van der Waals surface area contributed by atoms with Crippen LogP contribution in [0.1, 0.15) is 12.2 Å². The number of benzene rings is 1. The molecule has 2 aromatic rings. The van der Waals surface area contributed by atoms with E-state index < -0.39 is 0 Å². The quantitative estimate of drug-likeness (QED) is 0.857. The van der Waals surface area contributed by atoms with Gasteiger partial charge in [0.1, 0.15) is 5.82 Å². The minimum Gasteiger partial charge on any atom is -0.342 e. The van der Waals surface area contributed by atoms with E-state index in [0.717, 1.165) is 42.1 Å². The average Bonchev–Trinajstić information content (AvgIpc) is 3.03. The van der Waals surface area contributed by atoms with E-state index in [4.69, 9.17) is 0 Å². The van der Waals surface area contributed by atoms with Gasteiger partial charge >= 0.3 is 0 Å². The molecule has 5 nitrogen and oxygen atoms in total. The van der Waals surface area contributed by atoms with Crippen LogP contribution in [0.15, 0.2) is 18.2 Å². The molecule has 1 amide bonds. The summed E-state index contributed by atoms with van der Waals surface area (Å²) in [6, 6.07) is 5.88. The first-order valence-electron chi connectivity index (χ1n) is 6.60. The Hall–Kier alpha value is -1.88. The van der Waals surface area contributed by atoms with Gasteiger partial charge in [-0.2, -0.15) is 0 Å². The van der Waals surface area contributed by atoms with E-state index in [9.17, 15) is 4.79 Å². The molecule has 0 aliphatic carbocycles. The Morgan fingerprint density at radius 1 is 1.47 bits per heavy atom. The topological polar surface area (TPSA) is 61.0 Å². The van der Waals surface area contributed by atoms with Crippen LogP contribution in [-0.2, 0) is 4.79 Å². The summed E-state index contributed by atoms with van der Waals surface area (Å²) in [5.74, 6) is 1.17. The average molecular weight is 258 g/mol. The van der Waals surface area contributed by atoms with Crippen LogP contribution in [0.2, 0.25) is 0 Å². The number of hydrogen-bond donors (Lipinski definition) is 2. The fraction of sp³-hybridized carbons (Fsp3) is 0.429. The van der Waals surface area contributed by atoms with Gasteiger partial charge in [-0.1, -0.05) is 0 Å². The highest BCUT2D eigenvalue weighted by Gasteiger charge is 2.26. The molecule has 1 unspecified atom stereocenters. The summed E-state index contributed by atoms with van der Waals surface area (Å²) in [7, 11) is 1.84. The monoisotopic (exact) mass is 258 g/mol. The SMILES string of the molecule is Cc1nc2ccc(N(C)C(=O)C3CCNC3)cc2[nH]1. The zero-order valence-corrected chi connectivity index (χ0v) is 11.2. The molecule has 0 radical (unpaired) electrons. The highest BCUT2D eigenvalue weighted by Crippen LogP contribution is 2.22. The molecular weight excluding hydrogens is 240 g/mol. The van der Waals surface area contributed by atoms with Gasteiger partial charge < -0.3 is 15.2 Å². The molecule has 5 heteroatoms. The molecule has 1 aromatic carbocycles. The van der Waals surface area contributed by atoms with E-state index in [1.165, 1.54) is 0 Å². The summed E-state index contributed by atoms with van der Waals surface area (Å²) in [6.45, 7) is 3.65. The van der Waals surface area contributed by atoms with Crippen molar-refractivity contribution in [3.05, 3.63) is 24.0 Å². The number of nitrogens with zero attached hydrogens (tertiary/aromatic N) is 2.